The summed E-state index contributed by atoms with van der Waals surface area (Å²) < 4.78 is 2.00. The minimum Gasteiger partial charge on any atom is -0.395 e. The van der Waals surface area contributed by atoms with Gasteiger partial charge in [-0.2, -0.15) is 0 Å². The predicted octanol–water partition coefficient (Wildman–Crippen LogP) is 2.45. The Bertz CT molecular complexity index is 595. The molecule has 0 saturated carbocycles. The van der Waals surface area contributed by atoms with E-state index >= 15 is 0 Å². The Morgan fingerprint density at radius 1 is 1.37 bits per heavy atom. The Labute approximate surface area is 117 Å². The molecule has 0 amide bonds. The Morgan fingerprint density at radius 3 is 2.95 bits per heavy atom. The van der Waals surface area contributed by atoms with E-state index in [4.69, 9.17) is 5.11 Å². The van der Waals surface area contributed by atoms with Gasteiger partial charge in [0, 0.05) is 37.2 Å². The van der Waals surface area contributed by atoms with E-state index in [-0.39, 0.29) is 6.61 Å². The molecule has 1 aromatic heterocycles. The topological polar surface area (TPSA) is 38.0 Å². The first-order valence-corrected chi connectivity index (χ1v) is 7.07. The zero-order valence-electron chi connectivity index (χ0n) is 10.8. The molecule has 0 saturated heterocycles. The second-order valence-corrected chi connectivity index (χ2v) is 4.98. The van der Waals surface area contributed by atoms with Gasteiger partial charge in [0.2, 0.25) is 0 Å². The van der Waals surface area contributed by atoms with Crippen molar-refractivity contribution in [3.63, 3.8) is 0 Å². The molecule has 3 nitrogen and oxygen atoms in total. The molecule has 19 heavy (non-hydrogen) atoms. The summed E-state index contributed by atoms with van der Waals surface area (Å²) in [5, 5.41) is 9.75. The second kappa shape index (κ2) is 7.03. The Balaban J connectivity index is 2.08. The molecule has 2 rings (SSSR count). The van der Waals surface area contributed by atoms with E-state index in [0.29, 0.717) is 6.42 Å². The fourth-order valence-electron chi connectivity index (χ4n) is 1.62. The van der Waals surface area contributed by atoms with Crippen LogP contribution in [0, 0.1) is 11.8 Å². The van der Waals surface area contributed by atoms with Gasteiger partial charge < -0.3 is 9.67 Å². The van der Waals surface area contributed by atoms with Crippen LogP contribution in [0.3, 0.4) is 0 Å². The van der Waals surface area contributed by atoms with E-state index in [1.807, 2.05) is 36.0 Å². The summed E-state index contributed by atoms with van der Waals surface area (Å²) >= 11 is 1.69. The minimum absolute atomic E-state index is 0.108. The van der Waals surface area contributed by atoms with Crippen LogP contribution >= 0.6 is 11.8 Å². The van der Waals surface area contributed by atoms with Crippen LogP contribution in [-0.2, 0) is 12.8 Å². The van der Waals surface area contributed by atoms with Crippen LogP contribution in [-0.4, -0.2) is 21.3 Å². The molecular weight excluding hydrogens is 256 g/mol. The van der Waals surface area contributed by atoms with Crippen molar-refractivity contribution in [2.45, 2.75) is 17.3 Å². The highest BCUT2D eigenvalue weighted by Crippen LogP contribution is 2.22. The molecule has 1 aromatic carbocycles. The van der Waals surface area contributed by atoms with Gasteiger partial charge >= 0.3 is 0 Å². The minimum atomic E-state index is 0.108. The van der Waals surface area contributed by atoms with Gasteiger partial charge in [-0.05, 0) is 11.6 Å². The number of aromatic nitrogens is 2. The standard InChI is InChI=1S/C15H16N2OS/c1-17-10-9-16-15(17)19-12-14-8-3-2-6-13(14)7-4-5-11-18/h2-3,6,8-10,18H,5,11-12H2,1H3. The van der Waals surface area contributed by atoms with Crippen molar-refractivity contribution in [1.82, 2.24) is 9.55 Å². The maximum atomic E-state index is 8.75. The number of hydrogen-bond donors (Lipinski definition) is 1. The smallest absolute Gasteiger partial charge is 0.167 e. The van der Waals surface area contributed by atoms with Gasteiger partial charge in [0.15, 0.2) is 5.16 Å². The van der Waals surface area contributed by atoms with E-state index < -0.39 is 0 Å². The summed E-state index contributed by atoms with van der Waals surface area (Å²) in [7, 11) is 1.99. The Hall–Kier alpha value is -1.70. The van der Waals surface area contributed by atoms with E-state index in [9.17, 15) is 0 Å². The second-order valence-electron chi connectivity index (χ2n) is 4.04. The van der Waals surface area contributed by atoms with Crippen molar-refractivity contribution in [3.8, 4) is 11.8 Å². The predicted molar refractivity (Wildman–Crippen MR) is 77.8 cm³/mol. The lowest BCUT2D eigenvalue weighted by Crippen LogP contribution is -1.92. The van der Waals surface area contributed by atoms with Crippen LogP contribution < -0.4 is 0 Å². The zero-order valence-corrected chi connectivity index (χ0v) is 11.7. The fraction of sp³-hybridized carbons (Fsp3) is 0.267. The monoisotopic (exact) mass is 272 g/mol. The lowest BCUT2D eigenvalue weighted by molar-refractivity contribution is 0.305. The number of rotatable bonds is 4. The van der Waals surface area contributed by atoms with Gasteiger partial charge in [-0.1, -0.05) is 41.8 Å². The molecular formula is C15H16N2OS. The Kier molecular flexibility index (Phi) is 5.08. The molecule has 2 aromatic rings. The molecule has 0 fully saturated rings. The van der Waals surface area contributed by atoms with E-state index in [1.54, 1.807) is 18.0 Å². The van der Waals surface area contributed by atoms with Crippen LogP contribution in [0.2, 0.25) is 0 Å². The maximum Gasteiger partial charge on any atom is 0.167 e. The summed E-state index contributed by atoms with van der Waals surface area (Å²) in [6.45, 7) is 0.108. The van der Waals surface area contributed by atoms with E-state index in [2.05, 4.69) is 22.9 Å². The van der Waals surface area contributed by atoms with Gasteiger partial charge in [-0.25, -0.2) is 4.98 Å². The maximum absolute atomic E-state index is 8.75. The number of nitrogens with zero attached hydrogens (tertiary/aromatic N) is 2. The molecule has 0 spiro atoms. The van der Waals surface area contributed by atoms with Crippen molar-refractivity contribution >= 4 is 11.8 Å². The molecule has 4 heteroatoms. The molecule has 0 unspecified atom stereocenters. The molecule has 1 N–H and O–H groups in total. The number of hydrogen-bond acceptors (Lipinski definition) is 3. The number of aryl methyl sites for hydroxylation is 1. The van der Waals surface area contributed by atoms with Crippen LogP contribution in [0.5, 0.6) is 0 Å². The van der Waals surface area contributed by atoms with Crippen molar-refractivity contribution in [2.75, 3.05) is 6.61 Å². The van der Waals surface area contributed by atoms with Crippen molar-refractivity contribution in [2.24, 2.45) is 7.05 Å². The lowest BCUT2D eigenvalue weighted by Gasteiger charge is -2.04. The first kappa shape index (κ1) is 13.7. The Morgan fingerprint density at radius 2 is 2.21 bits per heavy atom. The summed E-state index contributed by atoms with van der Waals surface area (Å²) in [6.07, 6.45) is 4.26. The number of benzene rings is 1. The van der Waals surface area contributed by atoms with Crippen LogP contribution in [0.25, 0.3) is 0 Å². The summed E-state index contributed by atoms with van der Waals surface area (Å²) in [6, 6.07) is 8.10. The fourth-order valence-corrected chi connectivity index (χ4v) is 2.55. The van der Waals surface area contributed by atoms with Crippen LogP contribution in [0.15, 0.2) is 41.8 Å². The normalized spacial score (nSPS) is 10.0. The summed E-state index contributed by atoms with van der Waals surface area (Å²) in [4.78, 5) is 4.29. The lowest BCUT2D eigenvalue weighted by atomic mass is 10.1. The highest BCUT2D eigenvalue weighted by Gasteiger charge is 2.03. The van der Waals surface area contributed by atoms with Crippen molar-refractivity contribution in [3.05, 3.63) is 47.8 Å². The first-order valence-electron chi connectivity index (χ1n) is 6.09. The molecule has 0 radical (unpaired) electrons. The number of aliphatic hydroxyl groups excluding tert-OH is 1. The van der Waals surface area contributed by atoms with Gasteiger partial charge in [-0.3, -0.25) is 0 Å². The third kappa shape index (κ3) is 3.88. The molecule has 0 bridgehead atoms. The highest BCUT2D eigenvalue weighted by atomic mass is 32.2. The molecule has 0 aliphatic rings. The quantitative estimate of drug-likeness (QED) is 0.686. The highest BCUT2D eigenvalue weighted by molar-refractivity contribution is 7.98. The average molecular weight is 272 g/mol. The zero-order chi connectivity index (χ0) is 13.5. The third-order valence-electron chi connectivity index (χ3n) is 2.61. The van der Waals surface area contributed by atoms with Crippen LogP contribution in [0.1, 0.15) is 17.5 Å². The van der Waals surface area contributed by atoms with Gasteiger partial charge in [0.05, 0.1) is 6.61 Å². The number of aliphatic hydroxyl groups is 1. The van der Waals surface area contributed by atoms with Gasteiger partial charge in [0.25, 0.3) is 0 Å². The van der Waals surface area contributed by atoms with Gasteiger partial charge in [0.1, 0.15) is 0 Å². The molecule has 0 aliphatic carbocycles. The first-order chi connectivity index (χ1) is 9.31. The third-order valence-corrected chi connectivity index (χ3v) is 3.72. The SMILES string of the molecule is Cn1ccnc1SCc1ccccc1C#CCCO. The largest absolute Gasteiger partial charge is 0.395 e. The van der Waals surface area contributed by atoms with Crippen molar-refractivity contribution < 1.29 is 5.11 Å². The molecule has 1 heterocycles. The summed E-state index contributed by atoms with van der Waals surface area (Å²) in [5.74, 6) is 6.92. The average Bonchev–Trinajstić information content (AvgIpc) is 2.83. The van der Waals surface area contributed by atoms with Gasteiger partial charge in [-0.15, -0.1) is 0 Å². The van der Waals surface area contributed by atoms with E-state index in [1.165, 1.54) is 5.56 Å². The summed E-state index contributed by atoms with van der Waals surface area (Å²) in [5.41, 5.74) is 2.22. The van der Waals surface area contributed by atoms with Crippen molar-refractivity contribution in [1.29, 1.82) is 0 Å². The number of imidazole rings is 1. The molecule has 98 valence electrons. The van der Waals surface area contributed by atoms with Crippen LogP contribution in [0.4, 0.5) is 0 Å². The molecule has 0 aliphatic heterocycles. The number of thioether (sulfide) groups is 1. The van der Waals surface area contributed by atoms with E-state index in [0.717, 1.165) is 16.5 Å². The molecule has 0 atom stereocenters.